The van der Waals surface area contributed by atoms with E-state index in [1.54, 1.807) is 12.1 Å². The van der Waals surface area contributed by atoms with E-state index in [1.807, 2.05) is 30.3 Å². The van der Waals surface area contributed by atoms with Gasteiger partial charge in [0.15, 0.2) is 0 Å². The van der Waals surface area contributed by atoms with Crippen LogP contribution in [-0.2, 0) is 4.79 Å². The van der Waals surface area contributed by atoms with Crippen molar-refractivity contribution in [2.45, 2.75) is 31.2 Å². The number of phenols is 1. The summed E-state index contributed by atoms with van der Waals surface area (Å²) in [5.74, 6) is 1.13. The molecule has 1 atom stereocenters. The number of amides is 1. The third-order valence-corrected chi connectivity index (χ3v) is 4.46. The Balaban J connectivity index is 1.93. The quantitative estimate of drug-likeness (QED) is 0.741. The summed E-state index contributed by atoms with van der Waals surface area (Å²) in [5, 5.41) is 12.4. The number of thioether (sulfide) groups is 1. The van der Waals surface area contributed by atoms with Gasteiger partial charge in [0.05, 0.1) is 11.8 Å². The molecule has 0 bridgehead atoms. The first-order valence-electron chi connectivity index (χ1n) is 7.80. The van der Waals surface area contributed by atoms with Crippen LogP contribution in [0.5, 0.6) is 5.75 Å². The van der Waals surface area contributed by atoms with E-state index in [-0.39, 0.29) is 17.7 Å². The highest BCUT2D eigenvalue weighted by Crippen LogP contribution is 2.23. The highest BCUT2D eigenvalue weighted by Gasteiger charge is 2.16. The first-order valence-corrected chi connectivity index (χ1v) is 8.79. The standard InChI is InChI=1S/C19H23NO2S/c1-14(2)12-18(15-6-4-3-5-7-15)20-19(22)13-23-17-10-8-16(21)9-11-17/h3-11,14,18,21H,12-13H2,1-2H3,(H,20,22). The second-order valence-corrected chi connectivity index (χ2v) is 6.99. The van der Waals surface area contributed by atoms with Crippen molar-refractivity contribution in [2.75, 3.05) is 5.75 Å². The maximum absolute atomic E-state index is 12.3. The predicted molar refractivity (Wildman–Crippen MR) is 95.6 cm³/mol. The fraction of sp³-hybridized carbons (Fsp3) is 0.316. The molecule has 122 valence electrons. The third-order valence-electron chi connectivity index (χ3n) is 3.45. The highest BCUT2D eigenvalue weighted by atomic mass is 32.2. The van der Waals surface area contributed by atoms with Crippen molar-refractivity contribution < 1.29 is 9.90 Å². The zero-order chi connectivity index (χ0) is 16.7. The Kier molecular flexibility index (Phi) is 6.53. The SMILES string of the molecule is CC(C)CC(NC(=O)CSc1ccc(O)cc1)c1ccccc1. The largest absolute Gasteiger partial charge is 0.508 e. The number of nitrogens with one attached hydrogen (secondary N) is 1. The molecule has 0 saturated heterocycles. The van der Waals surface area contributed by atoms with E-state index in [2.05, 4.69) is 31.3 Å². The van der Waals surface area contributed by atoms with E-state index in [9.17, 15) is 9.90 Å². The van der Waals surface area contributed by atoms with E-state index in [0.717, 1.165) is 16.9 Å². The van der Waals surface area contributed by atoms with E-state index in [4.69, 9.17) is 0 Å². The van der Waals surface area contributed by atoms with E-state index in [0.29, 0.717) is 11.7 Å². The molecule has 0 aliphatic heterocycles. The molecule has 0 spiro atoms. The highest BCUT2D eigenvalue weighted by molar-refractivity contribution is 8.00. The number of carbonyl (C=O) groups excluding carboxylic acids is 1. The Morgan fingerprint density at radius 1 is 1.09 bits per heavy atom. The second kappa shape index (κ2) is 8.63. The molecule has 0 aliphatic carbocycles. The van der Waals surface area contributed by atoms with Crippen molar-refractivity contribution in [3.8, 4) is 5.75 Å². The minimum absolute atomic E-state index is 0.0255. The summed E-state index contributed by atoms with van der Waals surface area (Å²) in [6.45, 7) is 4.32. The molecule has 2 aromatic carbocycles. The molecule has 2 N–H and O–H groups in total. The van der Waals surface area contributed by atoms with Crippen LogP contribution < -0.4 is 5.32 Å². The summed E-state index contributed by atoms with van der Waals surface area (Å²) < 4.78 is 0. The minimum atomic E-state index is 0.0255. The van der Waals surface area contributed by atoms with Crippen LogP contribution in [0.1, 0.15) is 31.9 Å². The summed E-state index contributed by atoms with van der Waals surface area (Å²) in [6.07, 6.45) is 0.916. The van der Waals surface area contributed by atoms with Crippen molar-refractivity contribution in [2.24, 2.45) is 5.92 Å². The maximum atomic E-state index is 12.3. The Hall–Kier alpha value is -1.94. The normalized spacial score (nSPS) is 12.1. The predicted octanol–water partition coefficient (Wildman–Crippen LogP) is 4.39. The molecule has 0 fully saturated rings. The first kappa shape index (κ1) is 17.4. The lowest BCUT2D eigenvalue weighted by Gasteiger charge is -2.21. The number of carbonyl (C=O) groups is 1. The first-order chi connectivity index (χ1) is 11.0. The van der Waals surface area contributed by atoms with Gasteiger partial charge in [0.1, 0.15) is 5.75 Å². The Labute approximate surface area is 142 Å². The molecule has 2 aromatic rings. The molecular weight excluding hydrogens is 306 g/mol. The van der Waals surface area contributed by atoms with E-state index >= 15 is 0 Å². The van der Waals surface area contributed by atoms with Crippen molar-refractivity contribution in [1.82, 2.24) is 5.32 Å². The number of phenolic OH excluding ortho intramolecular Hbond substituents is 1. The Morgan fingerprint density at radius 3 is 2.35 bits per heavy atom. The number of aromatic hydroxyl groups is 1. The summed E-state index contributed by atoms with van der Waals surface area (Å²) in [6, 6.07) is 17.0. The molecule has 3 nitrogen and oxygen atoms in total. The zero-order valence-corrected chi connectivity index (χ0v) is 14.3. The van der Waals surface area contributed by atoms with E-state index < -0.39 is 0 Å². The average Bonchev–Trinajstić information content (AvgIpc) is 2.54. The van der Waals surface area contributed by atoms with Gasteiger partial charge in [0, 0.05) is 4.90 Å². The Morgan fingerprint density at radius 2 is 1.74 bits per heavy atom. The van der Waals surface area contributed by atoms with Crippen LogP contribution in [0.25, 0.3) is 0 Å². The molecule has 23 heavy (non-hydrogen) atoms. The van der Waals surface area contributed by atoms with Crippen molar-refractivity contribution in [3.63, 3.8) is 0 Å². The molecule has 0 saturated carbocycles. The summed E-state index contributed by atoms with van der Waals surface area (Å²) in [4.78, 5) is 13.2. The smallest absolute Gasteiger partial charge is 0.230 e. The monoisotopic (exact) mass is 329 g/mol. The summed E-state index contributed by atoms with van der Waals surface area (Å²) in [7, 11) is 0. The lowest BCUT2D eigenvalue weighted by atomic mass is 9.97. The van der Waals surface area contributed by atoms with Crippen molar-refractivity contribution in [3.05, 3.63) is 60.2 Å². The van der Waals surface area contributed by atoms with Crippen molar-refractivity contribution in [1.29, 1.82) is 0 Å². The minimum Gasteiger partial charge on any atom is -0.508 e. The Bertz CT molecular complexity index is 611. The molecule has 0 heterocycles. The van der Waals surface area contributed by atoms with Crippen LogP contribution in [0, 0.1) is 5.92 Å². The summed E-state index contributed by atoms with van der Waals surface area (Å²) >= 11 is 1.47. The van der Waals surface area contributed by atoms with Gasteiger partial charge >= 0.3 is 0 Å². The molecule has 0 radical (unpaired) electrons. The lowest BCUT2D eigenvalue weighted by Crippen LogP contribution is -2.30. The van der Waals surface area contributed by atoms with Gasteiger partial charge in [0.25, 0.3) is 0 Å². The number of rotatable bonds is 7. The van der Waals surface area contributed by atoms with Gasteiger partial charge in [-0.2, -0.15) is 0 Å². The van der Waals surface area contributed by atoms with Gasteiger partial charge in [0.2, 0.25) is 5.91 Å². The van der Waals surface area contributed by atoms with Gasteiger partial charge in [-0.1, -0.05) is 44.2 Å². The molecule has 0 aromatic heterocycles. The van der Waals surface area contributed by atoms with Gasteiger partial charge in [-0.3, -0.25) is 4.79 Å². The van der Waals surface area contributed by atoms with Crippen LogP contribution in [0.3, 0.4) is 0 Å². The summed E-state index contributed by atoms with van der Waals surface area (Å²) in [5.41, 5.74) is 1.14. The molecular formula is C19H23NO2S. The second-order valence-electron chi connectivity index (χ2n) is 5.94. The molecule has 0 aliphatic rings. The van der Waals surface area contributed by atoms with Crippen LogP contribution in [0.4, 0.5) is 0 Å². The van der Waals surface area contributed by atoms with Gasteiger partial charge in [-0.25, -0.2) is 0 Å². The van der Waals surface area contributed by atoms with Crippen LogP contribution in [0.2, 0.25) is 0 Å². The van der Waals surface area contributed by atoms with Crippen molar-refractivity contribution >= 4 is 17.7 Å². The van der Waals surface area contributed by atoms with Gasteiger partial charge in [-0.05, 0) is 42.2 Å². The van der Waals surface area contributed by atoms with Crippen LogP contribution >= 0.6 is 11.8 Å². The van der Waals surface area contributed by atoms with Crippen LogP contribution in [0.15, 0.2) is 59.5 Å². The average molecular weight is 329 g/mol. The molecule has 1 unspecified atom stereocenters. The zero-order valence-electron chi connectivity index (χ0n) is 13.5. The molecule has 1 amide bonds. The fourth-order valence-corrected chi connectivity index (χ4v) is 3.07. The lowest BCUT2D eigenvalue weighted by molar-refractivity contribution is -0.119. The maximum Gasteiger partial charge on any atom is 0.230 e. The molecule has 4 heteroatoms. The van der Waals surface area contributed by atoms with Gasteiger partial charge in [-0.15, -0.1) is 11.8 Å². The molecule has 2 rings (SSSR count). The van der Waals surface area contributed by atoms with Crippen LogP contribution in [-0.4, -0.2) is 16.8 Å². The number of hydrogen-bond donors (Lipinski definition) is 2. The number of hydrogen-bond acceptors (Lipinski definition) is 3. The van der Waals surface area contributed by atoms with E-state index in [1.165, 1.54) is 11.8 Å². The fourth-order valence-electron chi connectivity index (χ4n) is 2.36. The number of benzene rings is 2. The van der Waals surface area contributed by atoms with Gasteiger partial charge < -0.3 is 10.4 Å². The third kappa shape index (κ3) is 5.99. The topological polar surface area (TPSA) is 49.3 Å².